The molecular weight excluding hydrogens is 148 g/mol. The quantitative estimate of drug-likeness (QED) is 0.392. The Morgan fingerprint density at radius 2 is 2.55 bits per heavy atom. The summed E-state index contributed by atoms with van der Waals surface area (Å²) in [6.45, 7) is 1.69. The van der Waals surface area contributed by atoms with Gasteiger partial charge in [-0.1, -0.05) is 0 Å². The van der Waals surface area contributed by atoms with Gasteiger partial charge < -0.3 is 11.1 Å². The van der Waals surface area contributed by atoms with Gasteiger partial charge in [0.25, 0.3) is 0 Å². The van der Waals surface area contributed by atoms with E-state index in [1.807, 2.05) is 0 Å². The lowest BCUT2D eigenvalue weighted by atomic mass is 10.3. The first-order valence-electron chi connectivity index (χ1n) is 3.02. The molecule has 0 bridgehead atoms. The van der Waals surface area contributed by atoms with Gasteiger partial charge in [-0.05, 0) is 6.92 Å². The zero-order valence-electron chi connectivity index (χ0n) is 5.94. The van der Waals surface area contributed by atoms with Gasteiger partial charge in [0.15, 0.2) is 6.17 Å². The summed E-state index contributed by atoms with van der Waals surface area (Å²) >= 11 is 0. The molecule has 1 atom stereocenters. The van der Waals surface area contributed by atoms with Crippen LogP contribution in [-0.2, 0) is 0 Å². The van der Waals surface area contributed by atoms with E-state index in [-0.39, 0.29) is 5.70 Å². The van der Waals surface area contributed by atoms with E-state index < -0.39 is 11.1 Å². The SMILES string of the molecule is CC1=NC(N)C([N+](=O)[O-])=CN1. The second-order valence-corrected chi connectivity index (χ2v) is 2.13. The van der Waals surface area contributed by atoms with Crippen LogP contribution in [0.5, 0.6) is 0 Å². The molecule has 0 aromatic carbocycles. The molecule has 60 valence electrons. The molecule has 0 fully saturated rings. The van der Waals surface area contributed by atoms with Crippen LogP contribution in [0.2, 0.25) is 0 Å². The molecule has 3 N–H and O–H groups in total. The average Bonchev–Trinajstić information content (AvgIpc) is 1.85. The maximum atomic E-state index is 10.2. The van der Waals surface area contributed by atoms with Crippen molar-refractivity contribution in [2.24, 2.45) is 10.7 Å². The Balaban J connectivity index is 2.80. The van der Waals surface area contributed by atoms with Crippen LogP contribution >= 0.6 is 0 Å². The highest BCUT2D eigenvalue weighted by Crippen LogP contribution is 2.04. The van der Waals surface area contributed by atoms with Crippen LogP contribution in [0.3, 0.4) is 0 Å². The number of nitro groups is 1. The molecule has 0 spiro atoms. The minimum Gasteiger partial charge on any atom is -0.345 e. The molecule has 0 saturated carbocycles. The van der Waals surface area contributed by atoms with Gasteiger partial charge in [0.05, 0.1) is 17.0 Å². The Hall–Kier alpha value is -1.43. The van der Waals surface area contributed by atoms with Crippen LogP contribution < -0.4 is 11.1 Å². The van der Waals surface area contributed by atoms with Gasteiger partial charge in [-0.25, -0.2) is 4.99 Å². The molecule has 1 aliphatic heterocycles. The third-order valence-electron chi connectivity index (χ3n) is 1.28. The van der Waals surface area contributed by atoms with Crippen molar-refractivity contribution in [2.75, 3.05) is 0 Å². The molecule has 11 heavy (non-hydrogen) atoms. The van der Waals surface area contributed by atoms with Crippen LogP contribution in [0, 0.1) is 10.1 Å². The van der Waals surface area contributed by atoms with Crippen LogP contribution in [0.25, 0.3) is 0 Å². The summed E-state index contributed by atoms with van der Waals surface area (Å²) in [6, 6.07) is 0. The number of hydrogen-bond acceptors (Lipinski definition) is 5. The van der Waals surface area contributed by atoms with E-state index in [9.17, 15) is 10.1 Å². The normalized spacial score (nSPS) is 23.3. The summed E-state index contributed by atoms with van der Waals surface area (Å²) in [5, 5.41) is 12.8. The monoisotopic (exact) mass is 156 g/mol. The van der Waals surface area contributed by atoms with E-state index >= 15 is 0 Å². The fraction of sp³-hybridized carbons (Fsp3) is 0.400. The van der Waals surface area contributed by atoms with Crippen molar-refractivity contribution in [3.63, 3.8) is 0 Å². The first kappa shape index (κ1) is 7.67. The lowest BCUT2D eigenvalue weighted by molar-refractivity contribution is -0.430. The Morgan fingerprint density at radius 1 is 1.91 bits per heavy atom. The zero-order valence-corrected chi connectivity index (χ0v) is 5.94. The predicted molar refractivity (Wildman–Crippen MR) is 39.3 cm³/mol. The van der Waals surface area contributed by atoms with Crippen LogP contribution in [0.4, 0.5) is 0 Å². The number of nitrogens with zero attached hydrogens (tertiary/aromatic N) is 2. The van der Waals surface area contributed by atoms with Gasteiger partial charge in [0, 0.05) is 0 Å². The molecule has 6 nitrogen and oxygen atoms in total. The predicted octanol–water partition coefficient (Wildman–Crippen LogP) is -0.589. The summed E-state index contributed by atoms with van der Waals surface area (Å²) in [5.74, 6) is 0.586. The van der Waals surface area contributed by atoms with Crippen molar-refractivity contribution >= 4 is 5.84 Å². The number of aliphatic imine (C=N–C) groups is 1. The number of nitrogens with one attached hydrogen (secondary N) is 1. The summed E-state index contributed by atoms with van der Waals surface area (Å²) in [6.07, 6.45) is 0.416. The van der Waals surface area contributed by atoms with Gasteiger partial charge in [-0.2, -0.15) is 0 Å². The van der Waals surface area contributed by atoms with Crippen molar-refractivity contribution in [1.29, 1.82) is 0 Å². The Kier molecular flexibility index (Phi) is 1.86. The smallest absolute Gasteiger partial charge is 0.300 e. The third kappa shape index (κ3) is 1.53. The molecule has 1 heterocycles. The molecule has 0 aliphatic carbocycles. The number of hydrogen-bond donors (Lipinski definition) is 2. The van der Waals surface area contributed by atoms with Gasteiger partial charge in [0.2, 0.25) is 0 Å². The fourth-order valence-electron chi connectivity index (χ4n) is 0.736. The Morgan fingerprint density at radius 3 is 3.00 bits per heavy atom. The molecule has 1 rings (SSSR count). The molecule has 0 saturated heterocycles. The second-order valence-electron chi connectivity index (χ2n) is 2.13. The lowest BCUT2D eigenvalue weighted by Crippen LogP contribution is -2.34. The lowest BCUT2D eigenvalue weighted by Gasteiger charge is -2.11. The summed E-state index contributed by atoms with van der Waals surface area (Å²) in [4.78, 5) is 13.4. The second kappa shape index (κ2) is 2.67. The van der Waals surface area contributed by atoms with E-state index in [4.69, 9.17) is 5.73 Å². The van der Waals surface area contributed by atoms with E-state index in [0.29, 0.717) is 5.84 Å². The van der Waals surface area contributed by atoms with E-state index in [1.54, 1.807) is 6.92 Å². The van der Waals surface area contributed by atoms with Gasteiger partial charge in [-0.3, -0.25) is 10.1 Å². The first-order valence-corrected chi connectivity index (χ1v) is 3.02. The van der Waals surface area contributed by atoms with E-state index in [1.165, 1.54) is 6.20 Å². The molecule has 0 amide bonds. The maximum absolute atomic E-state index is 10.2. The highest BCUT2D eigenvalue weighted by molar-refractivity contribution is 5.81. The molecule has 1 unspecified atom stereocenters. The molecule has 0 radical (unpaired) electrons. The Bertz CT molecular complexity index is 245. The van der Waals surface area contributed by atoms with Gasteiger partial charge >= 0.3 is 5.70 Å². The third-order valence-corrected chi connectivity index (χ3v) is 1.28. The topological polar surface area (TPSA) is 93.5 Å². The van der Waals surface area contributed by atoms with E-state index in [0.717, 1.165) is 0 Å². The molecule has 0 aromatic rings. The highest BCUT2D eigenvalue weighted by atomic mass is 16.6. The number of rotatable bonds is 1. The van der Waals surface area contributed by atoms with Crippen molar-refractivity contribution in [1.82, 2.24) is 5.32 Å². The first-order chi connectivity index (χ1) is 5.11. The summed E-state index contributed by atoms with van der Waals surface area (Å²) in [7, 11) is 0. The van der Waals surface area contributed by atoms with Crippen molar-refractivity contribution in [3.05, 3.63) is 22.0 Å². The molecular formula is C5H8N4O2. The van der Waals surface area contributed by atoms with Crippen LogP contribution in [0.1, 0.15) is 6.92 Å². The van der Waals surface area contributed by atoms with E-state index in [2.05, 4.69) is 10.3 Å². The highest BCUT2D eigenvalue weighted by Gasteiger charge is 2.22. The van der Waals surface area contributed by atoms with Gasteiger partial charge in [-0.15, -0.1) is 0 Å². The summed E-state index contributed by atoms with van der Waals surface area (Å²) in [5.41, 5.74) is 5.22. The van der Waals surface area contributed by atoms with Crippen LogP contribution in [-0.4, -0.2) is 16.9 Å². The molecule has 1 aliphatic rings. The maximum Gasteiger partial charge on any atom is 0.300 e. The van der Waals surface area contributed by atoms with Crippen molar-refractivity contribution in [2.45, 2.75) is 13.1 Å². The zero-order chi connectivity index (χ0) is 8.43. The molecule has 0 aromatic heterocycles. The standard InChI is InChI=1S/C5H8N4O2/c1-3-7-2-4(9(10)11)5(6)8-3/h2,5H,6H2,1H3,(H,7,8). The van der Waals surface area contributed by atoms with Crippen molar-refractivity contribution in [3.8, 4) is 0 Å². The fourth-order valence-corrected chi connectivity index (χ4v) is 0.736. The Labute approximate surface area is 62.9 Å². The number of amidine groups is 1. The number of nitrogens with two attached hydrogens (primary N) is 1. The largest absolute Gasteiger partial charge is 0.345 e. The summed E-state index contributed by atoms with van der Waals surface area (Å²) < 4.78 is 0. The minimum absolute atomic E-state index is 0.115. The van der Waals surface area contributed by atoms with Gasteiger partial charge in [0.1, 0.15) is 0 Å². The average molecular weight is 156 g/mol. The van der Waals surface area contributed by atoms with Crippen LogP contribution in [0.15, 0.2) is 16.9 Å². The molecule has 6 heteroatoms. The minimum atomic E-state index is -0.841. The van der Waals surface area contributed by atoms with Crippen molar-refractivity contribution < 1.29 is 4.92 Å².